The summed E-state index contributed by atoms with van der Waals surface area (Å²) in [4.78, 5) is 38.2. The van der Waals surface area contributed by atoms with Crippen molar-refractivity contribution in [2.24, 2.45) is 7.05 Å². The van der Waals surface area contributed by atoms with Crippen LogP contribution in [0.3, 0.4) is 0 Å². The number of rotatable bonds is 4. The number of fused-ring (bicyclic) bond motifs is 1. The molecule has 0 saturated carbocycles. The molecular formula is C22H26N4O4. The Morgan fingerprint density at radius 1 is 1.30 bits per heavy atom. The molecule has 8 heteroatoms. The van der Waals surface area contributed by atoms with Gasteiger partial charge in [-0.3, -0.25) is 19.2 Å². The average Bonchev–Trinajstić information content (AvgIpc) is 3.19. The summed E-state index contributed by atoms with van der Waals surface area (Å²) in [6, 6.07) is 7.51. The third kappa shape index (κ3) is 3.81. The molecule has 1 aliphatic heterocycles. The first-order valence-corrected chi connectivity index (χ1v) is 10.2. The molecule has 0 bridgehead atoms. The topological polar surface area (TPSA) is 93.5 Å². The van der Waals surface area contributed by atoms with Gasteiger partial charge in [0.1, 0.15) is 6.10 Å². The van der Waals surface area contributed by atoms with E-state index in [1.807, 2.05) is 32.2 Å². The van der Waals surface area contributed by atoms with E-state index < -0.39 is 12.2 Å². The Bertz CT molecular complexity index is 993. The maximum absolute atomic E-state index is 13.3. The number of aromatic nitrogens is 2. The molecule has 1 saturated heterocycles. The molecule has 0 spiro atoms. The van der Waals surface area contributed by atoms with Gasteiger partial charge in [-0.1, -0.05) is 0 Å². The lowest BCUT2D eigenvalue weighted by Crippen LogP contribution is -2.33. The molecule has 1 aromatic heterocycles. The molecular weight excluding hydrogens is 384 g/mol. The maximum Gasteiger partial charge on any atom is 0.414 e. The van der Waals surface area contributed by atoms with Crippen molar-refractivity contribution in [2.75, 3.05) is 18.0 Å². The number of nitrogens with one attached hydrogen (secondary N) is 1. The van der Waals surface area contributed by atoms with Crippen LogP contribution in [0.1, 0.15) is 53.0 Å². The van der Waals surface area contributed by atoms with Crippen molar-refractivity contribution < 1.29 is 19.1 Å². The largest absolute Gasteiger partial charge is 0.442 e. The van der Waals surface area contributed by atoms with Gasteiger partial charge < -0.3 is 10.1 Å². The molecule has 30 heavy (non-hydrogen) atoms. The summed E-state index contributed by atoms with van der Waals surface area (Å²) in [6.45, 7) is 4.05. The van der Waals surface area contributed by atoms with Gasteiger partial charge in [-0.2, -0.15) is 5.10 Å². The average molecular weight is 410 g/mol. The Labute approximate surface area is 175 Å². The van der Waals surface area contributed by atoms with E-state index in [0.717, 1.165) is 36.2 Å². The van der Waals surface area contributed by atoms with Crippen LogP contribution in [0.25, 0.3) is 0 Å². The highest BCUT2D eigenvalue weighted by molar-refractivity contribution is 6.03. The monoisotopic (exact) mass is 410 g/mol. The number of ketones is 1. The fourth-order valence-corrected chi connectivity index (χ4v) is 4.15. The molecule has 158 valence electrons. The van der Waals surface area contributed by atoms with Gasteiger partial charge in [0.25, 0.3) is 0 Å². The van der Waals surface area contributed by atoms with Crippen LogP contribution in [0.5, 0.6) is 0 Å². The number of carbonyl (C=O) groups excluding carboxylic acids is 3. The predicted octanol–water partition coefficient (Wildman–Crippen LogP) is 2.49. The van der Waals surface area contributed by atoms with E-state index >= 15 is 0 Å². The zero-order valence-corrected chi connectivity index (χ0v) is 17.5. The Hall–Kier alpha value is -3.16. The molecule has 2 atom stereocenters. The molecule has 2 heterocycles. The maximum atomic E-state index is 13.3. The molecule has 8 nitrogen and oxygen atoms in total. The Balaban J connectivity index is 1.55. The lowest BCUT2D eigenvalue weighted by atomic mass is 9.92. The van der Waals surface area contributed by atoms with Crippen molar-refractivity contribution in [1.29, 1.82) is 0 Å². The summed E-state index contributed by atoms with van der Waals surface area (Å²) in [7, 11) is 1.88. The number of hydrogen-bond acceptors (Lipinski definition) is 5. The van der Waals surface area contributed by atoms with E-state index in [1.54, 1.807) is 15.6 Å². The summed E-state index contributed by atoms with van der Waals surface area (Å²) in [5, 5.41) is 7.20. The van der Waals surface area contributed by atoms with Gasteiger partial charge in [0, 0.05) is 30.9 Å². The van der Waals surface area contributed by atoms with Crippen LogP contribution >= 0.6 is 0 Å². The molecule has 2 amide bonds. The Kier molecular flexibility index (Phi) is 5.32. The van der Waals surface area contributed by atoms with Crippen LogP contribution in [0, 0.1) is 6.92 Å². The summed E-state index contributed by atoms with van der Waals surface area (Å²) in [5.74, 6) is -0.318. The van der Waals surface area contributed by atoms with E-state index in [1.165, 1.54) is 6.92 Å². The van der Waals surface area contributed by atoms with Gasteiger partial charge in [-0.15, -0.1) is 0 Å². The number of cyclic esters (lactones) is 1. The Morgan fingerprint density at radius 3 is 2.80 bits per heavy atom. The normalized spacial score (nSPS) is 21.2. The van der Waals surface area contributed by atoms with Crippen LogP contribution in [-0.2, 0) is 23.0 Å². The fourth-order valence-electron chi connectivity index (χ4n) is 4.15. The quantitative estimate of drug-likeness (QED) is 0.782. The third-order valence-corrected chi connectivity index (χ3v) is 5.86. The minimum atomic E-state index is -0.438. The number of benzene rings is 1. The number of hydrogen-bond donors (Lipinski definition) is 1. The smallest absolute Gasteiger partial charge is 0.414 e. The highest BCUT2D eigenvalue weighted by Crippen LogP contribution is 2.34. The number of anilines is 1. The van der Waals surface area contributed by atoms with Crippen molar-refractivity contribution >= 4 is 23.5 Å². The lowest BCUT2D eigenvalue weighted by molar-refractivity contribution is -0.119. The van der Waals surface area contributed by atoms with Crippen LogP contribution in [0.2, 0.25) is 0 Å². The lowest BCUT2D eigenvalue weighted by Gasteiger charge is -2.16. The molecule has 1 fully saturated rings. The van der Waals surface area contributed by atoms with Crippen LogP contribution in [-0.4, -0.2) is 46.8 Å². The zero-order valence-electron chi connectivity index (χ0n) is 17.5. The number of amides is 2. The SMILES string of the molecule is CC(=O)NC[C@H]1CN(c2ccc3c(c2)CCCC(c2cc(C)n(C)n2)C3=O)C(=O)O1. The van der Waals surface area contributed by atoms with E-state index in [4.69, 9.17) is 4.74 Å². The molecule has 1 unspecified atom stereocenters. The van der Waals surface area contributed by atoms with Gasteiger partial charge in [0.15, 0.2) is 5.78 Å². The molecule has 1 N–H and O–H groups in total. The summed E-state index contributed by atoms with van der Waals surface area (Å²) in [6.07, 6.45) is 1.57. The van der Waals surface area contributed by atoms with Crippen LogP contribution in [0.4, 0.5) is 10.5 Å². The number of nitrogens with zero attached hydrogens (tertiary/aromatic N) is 3. The predicted molar refractivity (Wildman–Crippen MR) is 111 cm³/mol. The van der Waals surface area contributed by atoms with Crippen molar-refractivity contribution in [2.45, 2.75) is 45.1 Å². The first-order chi connectivity index (χ1) is 14.3. The molecule has 2 aliphatic rings. The number of Topliss-reactive ketones (excluding diaryl/α,β-unsaturated/α-hetero) is 1. The van der Waals surface area contributed by atoms with Crippen molar-refractivity contribution in [1.82, 2.24) is 15.1 Å². The first-order valence-electron chi connectivity index (χ1n) is 10.2. The minimum absolute atomic E-state index is 0.0830. The standard InChI is InChI=1S/C22H26N4O4/c1-13-9-20(24-25(13)3)19-6-4-5-15-10-16(7-8-18(15)21(19)28)26-12-17(30-22(26)29)11-23-14(2)27/h7-10,17,19H,4-6,11-12H2,1-3H3,(H,23,27)/t17-,19?/m0/s1. The van der Waals surface area contributed by atoms with Gasteiger partial charge >= 0.3 is 6.09 Å². The van der Waals surface area contributed by atoms with Crippen molar-refractivity contribution in [3.05, 3.63) is 46.8 Å². The zero-order chi connectivity index (χ0) is 21.4. The van der Waals surface area contributed by atoms with Gasteiger partial charge in [0.2, 0.25) is 5.91 Å². The number of carbonyl (C=O) groups is 3. The highest BCUT2D eigenvalue weighted by atomic mass is 16.6. The van der Waals surface area contributed by atoms with Gasteiger partial charge in [-0.25, -0.2) is 4.79 Å². The van der Waals surface area contributed by atoms with E-state index in [9.17, 15) is 14.4 Å². The first kappa shape index (κ1) is 20.1. The molecule has 0 radical (unpaired) electrons. The second kappa shape index (κ2) is 7.93. The second-order valence-electron chi connectivity index (χ2n) is 8.04. The van der Waals surface area contributed by atoms with Crippen LogP contribution < -0.4 is 10.2 Å². The summed E-state index contributed by atoms with van der Waals surface area (Å²) in [5.41, 5.74) is 4.21. The summed E-state index contributed by atoms with van der Waals surface area (Å²) >= 11 is 0. The number of ether oxygens (including phenoxy) is 1. The van der Waals surface area contributed by atoms with E-state index in [-0.39, 0.29) is 24.2 Å². The molecule has 4 rings (SSSR count). The molecule has 1 aromatic carbocycles. The van der Waals surface area contributed by atoms with E-state index in [0.29, 0.717) is 17.8 Å². The third-order valence-electron chi connectivity index (χ3n) is 5.86. The summed E-state index contributed by atoms with van der Waals surface area (Å²) < 4.78 is 7.15. The minimum Gasteiger partial charge on any atom is -0.442 e. The Morgan fingerprint density at radius 2 is 2.10 bits per heavy atom. The van der Waals surface area contributed by atoms with Crippen LogP contribution in [0.15, 0.2) is 24.3 Å². The second-order valence-corrected chi connectivity index (χ2v) is 8.04. The van der Waals surface area contributed by atoms with E-state index in [2.05, 4.69) is 10.4 Å². The van der Waals surface area contributed by atoms with Gasteiger partial charge in [0.05, 0.1) is 24.7 Å². The van der Waals surface area contributed by atoms with Crippen molar-refractivity contribution in [3.8, 4) is 0 Å². The van der Waals surface area contributed by atoms with Gasteiger partial charge in [-0.05, 0) is 56.0 Å². The fraction of sp³-hybridized carbons (Fsp3) is 0.455. The molecule has 2 aromatic rings. The highest BCUT2D eigenvalue weighted by Gasteiger charge is 2.34. The van der Waals surface area contributed by atoms with Crippen molar-refractivity contribution in [3.63, 3.8) is 0 Å². The number of aryl methyl sites for hydroxylation is 3. The molecule has 1 aliphatic carbocycles.